The highest BCUT2D eigenvalue weighted by molar-refractivity contribution is 5.93. The number of carbonyl (C=O) groups is 1. The molecular formula is C24H32N4O2. The van der Waals surface area contributed by atoms with E-state index in [0.717, 1.165) is 29.8 Å². The number of ether oxygens (including phenoxy) is 1. The molecule has 0 unspecified atom stereocenters. The minimum Gasteiger partial charge on any atom is -0.492 e. The van der Waals surface area contributed by atoms with Crippen molar-refractivity contribution in [2.75, 3.05) is 32.1 Å². The summed E-state index contributed by atoms with van der Waals surface area (Å²) >= 11 is 0. The van der Waals surface area contributed by atoms with E-state index in [0.29, 0.717) is 30.6 Å². The molecule has 160 valence electrons. The van der Waals surface area contributed by atoms with E-state index < -0.39 is 0 Å². The third-order valence-electron chi connectivity index (χ3n) is 5.96. The topological polar surface area (TPSA) is 70.3 Å². The molecule has 0 radical (unpaired) electrons. The van der Waals surface area contributed by atoms with E-state index in [2.05, 4.69) is 16.0 Å². The number of amides is 1. The average Bonchev–Trinajstić information content (AvgIpc) is 2.98. The summed E-state index contributed by atoms with van der Waals surface area (Å²) in [6.45, 7) is 5.41. The quantitative estimate of drug-likeness (QED) is 0.701. The molecule has 0 saturated heterocycles. The Kier molecular flexibility index (Phi) is 7.53. The van der Waals surface area contributed by atoms with Gasteiger partial charge >= 0.3 is 0 Å². The van der Waals surface area contributed by atoms with Crippen LogP contribution in [-0.2, 0) is 4.79 Å². The molecule has 6 heteroatoms. The van der Waals surface area contributed by atoms with Gasteiger partial charge in [-0.25, -0.2) is 0 Å². The van der Waals surface area contributed by atoms with Crippen LogP contribution in [0.25, 0.3) is 0 Å². The molecule has 1 aliphatic carbocycles. The van der Waals surface area contributed by atoms with Crippen LogP contribution in [0, 0.1) is 25.2 Å². The minimum absolute atomic E-state index is 0.108. The van der Waals surface area contributed by atoms with Gasteiger partial charge in [0.1, 0.15) is 24.2 Å². The van der Waals surface area contributed by atoms with Gasteiger partial charge in [0.05, 0.1) is 12.1 Å². The molecule has 1 heterocycles. The van der Waals surface area contributed by atoms with E-state index >= 15 is 0 Å². The Morgan fingerprint density at radius 2 is 1.93 bits per heavy atom. The molecule has 1 aromatic carbocycles. The van der Waals surface area contributed by atoms with Crippen molar-refractivity contribution < 1.29 is 9.53 Å². The van der Waals surface area contributed by atoms with Crippen molar-refractivity contribution in [3.05, 3.63) is 47.2 Å². The van der Waals surface area contributed by atoms with Gasteiger partial charge in [0, 0.05) is 18.3 Å². The maximum absolute atomic E-state index is 12.8. The number of aromatic nitrogens is 1. The highest BCUT2D eigenvalue weighted by Crippen LogP contribution is 2.36. The summed E-state index contributed by atoms with van der Waals surface area (Å²) in [5.74, 6) is 1.38. The molecule has 30 heavy (non-hydrogen) atoms. The van der Waals surface area contributed by atoms with Gasteiger partial charge in [-0.3, -0.25) is 9.69 Å². The van der Waals surface area contributed by atoms with Gasteiger partial charge in [0.15, 0.2) is 0 Å². The lowest BCUT2D eigenvalue weighted by Crippen LogP contribution is -2.34. The van der Waals surface area contributed by atoms with Gasteiger partial charge in [-0.05, 0) is 51.4 Å². The van der Waals surface area contributed by atoms with Crippen LogP contribution in [0.2, 0.25) is 0 Å². The van der Waals surface area contributed by atoms with Crippen LogP contribution in [-0.4, -0.2) is 42.1 Å². The Balaban J connectivity index is 1.62. The smallest absolute Gasteiger partial charge is 0.239 e. The Hall–Kier alpha value is -2.78. The lowest BCUT2D eigenvalue weighted by atomic mass is 9.95. The second-order valence-electron chi connectivity index (χ2n) is 8.16. The monoisotopic (exact) mass is 408 g/mol. The molecule has 0 spiro atoms. The van der Waals surface area contributed by atoms with Crippen molar-refractivity contribution in [2.24, 2.45) is 0 Å². The molecule has 1 aliphatic rings. The fourth-order valence-electron chi connectivity index (χ4n) is 4.21. The maximum Gasteiger partial charge on any atom is 0.239 e. The normalized spacial score (nSPS) is 14.5. The van der Waals surface area contributed by atoms with Crippen LogP contribution >= 0.6 is 0 Å². The summed E-state index contributed by atoms with van der Waals surface area (Å²) in [4.78, 5) is 14.7. The number of benzene rings is 1. The van der Waals surface area contributed by atoms with Crippen LogP contribution in [0.1, 0.15) is 55.0 Å². The minimum atomic E-state index is -0.108. The number of nitrogens with zero attached hydrogens (tertiary/aromatic N) is 3. The first-order chi connectivity index (χ1) is 14.5. The van der Waals surface area contributed by atoms with Crippen LogP contribution in [0.4, 0.5) is 5.82 Å². The molecule has 6 nitrogen and oxygen atoms in total. The lowest BCUT2D eigenvalue weighted by Gasteiger charge is -2.27. The largest absolute Gasteiger partial charge is 0.492 e. The molecular weight excluding hydrogens is 376 g/mol. The van der Waals surface area contributed by atoms with E-state index in [4.69, 9.17) is 4.74 Å². The van der Waals surface area contributed by atoms with Crippen LogP contribution in [0.5, 0.6) is 5.75 Å². The summed E-state index contributed by atoms with van der Waals surface area (Å²) < 4.78 is 7.91. The Morgan fingerprint density at radius 1 is 1.23 bits per heavy atom. The Bertz CT molecular complexity index is 892. The molecule has 1 N–H and O–H groups in total. The van der Waals surface area contributed by atoms with Gasteiger partial charge in [-0.1, -0.05) is 37.5 Å². The fraction of sp³-hybridized carbons (Fsp3) is 0.500. The van der Waals surface area contributed by atoms with Crippen molar-refractivity contribution >= 4 is 11.7 Å². The van der Waals surface area contributed by atoms with Crippen LogP contribution < -0.4 is 10.1 Å². The Morgan fingerprint density at radius 3 is 2.60 bits per heavy atom. The fourth-order valence-corrected chi connectivity index (χ4v) is 4.21. The highest BCUT2D eigenvalue weighted by Gasteiger charge is 2.26. The zero-order chi connectivity index (χ0) is 21.5. The number of anilines is 1. The second kappa shape index (κ2) is 10.3. The first-order valence-electron chi connectivity index (χ1n) is 10.8. The second-order valence-corrected chi connectivity index (χ2v) is 8.16. The maximum atomic E-state index is 12.8. The van der Waals surface area contributed by atoms with E-state index in [-0.39, 0.29) is 12.5 Å². The van der Waals surface area contributed by atoms with E-state index in [1.54, 1.807) is 0 Å². The molecule has 1 fully saturated rings. The van der Waals surface area contributed by atoms with Crippen molar-refractivity contribution in [3.63, 3.8) is 0 Å². The number of nitriles is 1. The first-order valence-corrected chi connectivity index (χ1v) is 10.8. The van der Waals surface area contributed by atoms with E-state index in [1.807, 2.05) is 56.1 Å². The number of carbonyl (C=O) groups excluding carboxylic acids is 1. The lowest BCUT2D eigenvalue weighted by molar-refractivity contribution is -0.117. The zero-order valence-electron chi connectivity index (χ0n) is 18.3. The summed E-state index contributed by atoms with van der Waals surface area (Å²) in [6.07, 6.45) is 5.85. The predicted molar refractivity (Wildman–Crippen MR) is 119 cm³/mol. The van der Waals surface area contributed by atoms with E-state index in [9.17, 15) is 10.1 Å². The number of rotatable bonds is 8. The van der Waals surface area contributed by atoms with Crippen molar-refractivity contribution in [3.8, 4) is 11.8 Å². The van der Waals surface area contributed by atoms with Gasteiger partial charge in [0.2, 0.25) is 5.91 Å². The third kappa shape index (κ3) is 5.22. The van der Waals surface area contributed by atoms with Crippen LogP contribution in [0.15, 0.2) is 30.3 Å². The summed E-state index contributed by atoms with van der Waals surface area (Å²) in [5, 5.41) is 12.8. The highest BCUT2D eigenvalue weighted by atomic mass is 16.5. The summed E-state index contributed by atoms with van der Waals surface area (Å²) in [6, 6.07) is 12.3. The standard InChI is InChI=1S/C24H32N4O2/c1-18-19(2)28(20-10-6-4-7-11-20)24(22(18)16-25)26-23(29)17-27(3)14-15-30-21-12-8-5-9-13-21/h5,8-9,12-13,20H,4,6-7,10-11,14-15,17H2,1-3H3,(H,26,29). The summed E-state index contributed by atoms with van der Waals surface area (Å²) in [5.41, 5.74) is 2.63. The van der Waals surface area contributed by atoms with Crippen LogP contribution in [0.3, 0.4) is 0 Å². The van der Waals surface area contributed by atoms with Gasteiger partial charge in [0.25, 0.3) is 0 Å². The molecule has 1 amide bonds. The number of nitrogens with one attached hydrogen (secondary N) is 1. The molecule has 1 saturated carbocycles. The molecule has 0 aliphatic heterocycles. The molecule has 3 rings (SSSR count). The first kappa shape index (κ1) is 21.9. The van der Waals surface area contributed by atoms with Crippen molar-refractivity contribution in [2.45, 2.75) is 52.0 Å². The van der Waals surface area contributed by atoms with Gasteiger partial charge < -0.3 is 14.6 Å². The molecule has 0 bridgehead atoms. The van der Waals surface area contributed by atoms with E-state index in [1.165, 1.54) is 19.3 Å². The predicted octanol–water partition coefficient (Wildman–Crippen LogP) is 4.43. The van der Waals surface area contributed by atoms with Gasteiger partial charge in [-0.2, -0.15) is 5.26 Å². The SMILES string of the molecule is Cc1c(C#N)c(NC(=O)CN(C)CCOc2ccccc2)n(C2CCCCC2)c1C. The number of hydrogen-bond acceptors (Lipinski definition) is 4. The molecule has 0 atom stereocenters. The average molecular weight is 409 g/mol. The number of likely N-dealkylation sites (N-methyl/N-ethyl adjacent to an activating group) is 1. The van der Waals surface area contributed by atoms with Crippen molar-refractivity contribution in [1.82, 2.24) is 9.47 Å². The molecule has 1 aromatic heterocycles. The Labute approximate surface area is 179 Å². The van der Waals surface area contributed by atoms with Gasteiger partial charge in [-0.15, -0.1) is 0 Å². The van der Waals surface area contributed by atoms with Crippen molar-refractivity contribution in [1.29, 1.82) is 5.26 Å². The third-order valence-corrected chi connectivity index (χ3v) is 5.96. The number of para-hydroxylation sites is 1. The molecule has 2 aromatic rings. The number of hydrogen-bond donors (Lipinski definition) is 1. The summed E-state index contributed by atoms with van der Waals surface area (Å²) in [7, 11) is 1.90. The zero-order valence-corrected chi connectivity index (χ0v) is 18.3.